The zero-order valence-corrected chi connectivity index (χ0v) is 9.50. The van der Waals surface area contributed by atoms with Gasteiger partial charge in [-0.15, -0.1) is 0 Å². The number of aromatic nitrogens is 2. The molecule has 0 fully saturated rings. The minimum atomic E-state index is -0.430. The van der Waals surface area contributed by atoms with Gasteiger partial charge >= 0.3 is 0 Å². The quantitative estimate of drug-likeness (QED) is 0.735. The van der Waals surface area contributed by atoms with E-state index in [-0.39, 0.29) is 0 Å². The number of nitrogens with zero attached hydrogens (tertiary/aromatic N) is 2. The average molecular weight is 229 g/mol. The fourth-order valence-corrected chi connectivity index (χ4v) is 2.29. The van der Waals surface area contributed by atoms with E-state index >= 15 is 0 Å². The summed E-state index contributed by atoms with van der Waals surface area (Å²) in [6.45, 7) is 0. The van der Waals surface area contributed by atoms with E-state index in [0.29, 0.717) is 0 Å². The van der Waals surface area contributed by atoms with Crippen LogP contribution in [0.4, 0.5) is 5.69 Å². The Morgan fingerprint density at radius 1 is 1.41 bits per heavy atom. The third-order valence-corrected chi connectivity index (χ3v) is 3.18. The second-order valence-electron chi connectivity index (χ2n) is 4.45. The molecule has 0 amide bonds. The van der Waals surface area contributed by atoms with E-state index in [1.54, 1.807) is 0 Å². The zero-order chi connectivity index (χ0) is 11.8. The van der Waals surface area contributed by atoms with E-state index in [9.17, 15) is 5.11 Å². The molecular formula is C13H15N3O. The summed E-state index contributed by atoms with van der Waals surface area (Å²) in [7, 11) is 0. The van der Waals surface area contributed by atoms with Gasteiger partial charge in [0.1, 0.15) is 12.1 Å². The average Bonchev–Trinajstić information content (AvgIpc) is 2.74. The van der Waals surface area contributed by atoms with Crippen LogP contribution in [0, 0.1) is 0 Å². The first-order valence-corrected chi connectivity index (χ1v) is 5.86. The number of aryl methyl sites for hydroxylation is 1. The van der Waals surface area contributed by atoms with Crippen molar-refractivity contribution in [2.24, 2.45) is 0 Å². The molecule has 0 bridgehead atoms. The van der Waals surface area contributed by atoms with Crippen LogP contribution in [0.3, 0.4) is 0 Å². The van der Waals surface area contributed by atoms with Gasteiger partial charge in [-0.1, -0.05) is 12.1 Å². The number of benzene rings is 1. The predicted molar refractivity (Wildman–Crippen MR) is 66.3 cm³/mol. The molecule has 1 aliphatic heterocycles. The molecule has 17 heavy (non-hydrogen) atoms. The summed E-state index contributed by atoms with van der Waals surface area (Å²) in [6.07, 6.45) is 4.21. The van der Waals surface area contributed by atoms with Crippen molar-refractivity contribution in [3.05, 3.63) is 36.3 Å². The monoisotopic (exact) mass is 229 g/mol. The fraction of sp³-hybridized carbons (Fsp3) is 0.308. The molecule has 1 aromatic carbocycles. The summed E-state index contributed by atoms with van der Waals surface area (Å²) in [5.41, 5.74) is 8.37. The van der Waals surface area contributed by atoms with Crippen LogP contribution in [0.5, 0.6) is 0 Å². The molecule has 2 heterocycles. The van der Waals surface area contributed by atoms with E-state index in [1.165, 1.54) is 0 Å². The number of aliphatic hydroxyl groups excluding tert-OH is 1. The Hall–Kier alpha value is -1.81. The molecule has 4 heteroatoms. The molecule has 3 rings (SSSR count). The first-order valence-electron chi connectivity index (χ1n) is 5.86. The minimum Gasteiger partial charge on any atom is -0.399 e. The van der Waals surface area contributed by atoms with Gasteiger partial charge in [0.2, 0.25) is 0 Å². The summed E-state index contributed by atoms with van der Waals surface area (Å²) in [4.78, 5) is 4.56. The van der Waals surface area contributed by atoms with Crippen LogP contribution in [0.1, 0.15) is 24.9 Å². The Kier molecular flexibility index (Phi) is 2.37. The van der Waals surface area contributed by atoms with Crippen LogP contribution in [-0.4, -0.2) is 14.7 Å². The Labute approximate surface area is 99.7 Å². The molecule has 1 aliphatic rings. The van der Waals surface area contributed by atoms with Crippen LogP contribution in [0.25, 0.3) is 11.3 Å². The molecule has 0 saturated heterocycles. The third-order valence-electron chi connectivity index (χ3n) is 3.18. The van der Waals surface area contributed by atoms with E-state index in [4.69, 9.17) is 5.73 Å². The molecule has 1 unspecified atom stereocenters. The number of aliphatic hydroxyl groups is 1. The van der Waals surface area contributed by atoms with Crippen LogP contribution in [0.15, 0.2) is 30.5 Å². The fourth-order valence-electron chi connectivity index (χ4n) is 2.29. The van der Waals surface area contributed by atoms with Crippen molar-refractivity contribution < 1.29 is 5.11 Å². The topological polar surface area (TPSA) is 64.1 Å². The zero-order valence-electron chi connectivity index (χ0n) is 9.50. The minimum absolute atomic E-state index is 0.430. The van der Waals surface area contributed by atoms with Gasteiger partial charge in [0.15, 0.2) is 0 Å². The van der Waals surface area contributed by atoms with Crippen LogP contribution in [0.2, 0.25) is 0 Å². The van der Waals surface area contributed by atoms with E-state index in [1.807, 2.05) is 35.0 Å². The summed E-state index contributed by atoms with van der Waals surface area (Å²) < 4.78 is 1.86. The van der Waals surface area contributed by atoms with Gasteiger partial charge in [0.25, 0.3) is 0 Å². The molecule has 88 valence electrons. The highest BCUT2D eigenvalue weighted by molar-refractivity contribution is 5.63. The number of fused-ring (bicyclic) bond motifs is 1. The van der Waals surface area contributed by atoms with Gasteiger partial charge in [-0.05, 0) is 25.0 Å². The van der Waals surface area contributed by atoms with Crippen LogP contribution in [-0.2, 0) is 6.42 Å². The van der Waals surface area contributed by atoms with Crippen molar-refractivity contribution in [1.82, 2.24) is 9.55 Å². The Morgan fingerprint density at radius 2 is 2.29 bits per heavy atom. The molecule has 3 N–H and O–H groups in total. The lowest BCUT2D eigenvalue weighted by Gasteiger charge is -2.19. The van der Waals surface area contributed by atoms with Crippen molar-refractivity contribution in [2.45, 2.75) is 25.5 Å². The maximum Gasteiger partial charge on any atom is 0.131 e. The van der Waals surface area contributed by atoms with Crippen molar-refractivity contribution in [1.29, 1.82) is 0 Å². The maximum absolute atomic E-state index is 9.87. The molecule has 4 nitrogen and oxygen atoms in total. The Bertz CT molecular complexity index is 547. The number of rotatable bonds is 1. The molecule has 0 radical (unpaired) electrons. The molecule has 1 atom stereocenters. The number of hydrogen-bond donors (Lipinski definition) is 2. The molecule has 0 aliphatic carbocycles. The lowest BCUT2D eigenvalue weighted by molar-refractivity contribution is 0.0781. The van der Waals surface area contributed by atoms with Gasteiger partial charge in [0, 0.05) is 23.9 Å². The normalized spacial score (nSPS) is 19.0. The Morgan fingerprint density at radius 3 is 3.06 bits per heavy atom. The lowest BCUT2D eigenvalue weighted by atomic mass is 10.1. The number of hydrogen-bond acceptors (Lipinski definition) is 3. The van der Waals surface area contributed by atoms with Gasteiger partial charge in [-0.25, -0.2) is 4.98 Å². The van der Waals surface area contributed by atoms with E-state index in [2.05, 4.69) is 4.98 Å². The lowest BCUT2D eigenvalue weighted by Crippen LogP contribution is -2.16. The first kappa shape index (κ1) is 10.4. The number of anilines is 1. The molecule has 1 aromatic heterocycles. The second-order valence-corrected chi connectivity index (χ2v) is 4.45. The highest BCUT2D eigenvalue weighted by Gasteiger charge is 2.19. The van der Waals surface area contributed by atoms with Gasteiger partial charge < -0.3 is 15.4 Å². The van der Waals surface area contributed by atoms with Crippen molar-refractivity contribution in [2.75, 3.05) is 5.73 Å². The number of nitrogen functional groups attached to an aromatic ring is 1. The van der Waals surface area contributed by atoms with E-state index in [0.717, 1.165) is 42.0 Å². The molecule has 0 saturated carbocycles. The van der Waals surface area contributed by atoms with Gasteiger partial charge in [-0.3, -0.25) is 0 Å². The first-order chi connectivity index (χ1) is 8.24. The second kappa shape index (κ2) is 3.89. The van der Waals surface area contributed by atoms with Crippen LogP contribution >= 0.6 is 0 Å². The van der Waals surface area contributed by atoms with Gasteiger partial charge in [-0.2, -0.15) is 0 Å². The summed E-state index contributed by atoms with van der Waals surface area (Å²) in [6, 6.07) is 7.66. The van der Waals surface area contributed by atoms with Gasteiger partial charge in [0.05, 0.1) is 5.69 Å². The predicted octanol–water partition coefficient (Wildman–Crippen LogP) is 1.96. The molecule has 0 spiro atoms. The largest absolute Gasteiger partial charge is 0.399 e. The third kappa shape index (κ3) is 1.80. The smallest absolute Gasteiger partial charge is 0.131 e. The SMILES string of the molecule is Nc1cccc(-c2cn3c(n2)CCCC3O)c1. The van der Waals surface area contributed by atoms with Crippen molar-refractivity contribution in [3.8, 4) is 11.3 Å². The standard InChI is InChI=1S/C13H15N3O/c14-10-4-1-3-9(7-10)11-8-16-12(15-11)5-2-6-13(16)17/h1,3-4,7-8,13,17H,2,5-6,14H2. The summed E-state index contributed by atoms with van der Waals surface area (Å²) >= 11 is 0. The number of nitrogens with two attached hydrogens (primary N) is 1. The highest BCUT2D eigenvalue weighted by Crippen LogP contribution is 2.27. The summed E-state index contributed by atoms with van der Waals surface area (Å²) in [5.74, 6) is 0.959. The highest BCUT2D eigenvalue weighted by atomic mass is 16.3. The van der Waals surface area contributed by atoms with E-state index < -0.39 is 6.23 Å². The van der Waals surface area contributed by atoms with Crippen LogP contribution < -0.4 is 5.73 Å². The summed E-state index contributed by atoms with van der Waals surface area (Å²) in [5, 5.41) is 9.87. The van der Waals surface area contributed by atoms with Crippen molar-refractivity contribution in [3.63, 3.8) is 0 Å². The molecular weight excluding hydrogens is 214 g/mol. The number of imidazole rings is 1. The maximum atomic E-state index is 9.87. The van der Waals surface area contributed by atoms with Crippen molar-refractivity contribution >= 4 is 5.69 Å². The molecule has 2 aromatic rings. The Balaban J connectivity index is 2.05.